The second-order valence-electron chi connectivity index (χ2n) is 6.16. The standard InChI is InChI=1S/C21H25N3O2S/c1-16(15-17-9-5-3-6-10-17)23-24-21(26)19(13-14-27-2)22-20(25)18-11-7-4-8-12-18/h3-12,19H,13-15H2,1-2H3,(H,22,25)(H,24,26). The molecule has 142 valence electrons. The van der Waals surface area contributed by atoms with Crippen molar-refractivity contribution in [1.82, 2.24) is 10.7 Å². The van der Waals surface area contributed by atoms with Gasteiger partial charge in [0.25, 0.3) is 11.8 Å². The quantitative estimate of drug-likeness (QED) is 0.516. The van der Waals surface area contributed by atoms with Crippen molar-refractivity contribution in [2.24, 2.45) is 5.10 Å². The van der Waals surface area contributed by atoms with Gasteiger partial charge in [-0.2, -0.15) is 16.9 Å². The van der Waals surface area contributed by atoms with Gasteiger partial charge in [0.05, 0.1) is 0 Å². The molecule has 0 heterocycles. The van der Waals surface area contributed by atoms with Gasteiger partial charge in [-0.25, -0.2) is 5.43 Å². The van der Waals surface area contributed by atoms with Gasteiger partial charge < -0.3 is 5.32 Å². The van der Waals surface area contributed by atoms with Crippen molar-refractivity contribution in [3.63, 3.8) is 0 Å². The van der Waals surface area contributed by atoms with Crippen LogP contribution in [0.25, 0.3) is 0 Å². The lowest BCUT2D eigenvalue weighted by Crippen LogP contribution is -2.46. The number of carbonyl (C=O) groups is 2. The van der Waals surface area contributed by atoms with Gasteiger partial charge in [0.15, 0.2) is 0 Å². The first-order valence-electron chi connectivity index (χ1n) is 8.82. The zero-order chi connectivity index (χ0) is 19.5. The number of nitrogens with one attached hydrogen (secondary N) is 2. The molecule has 0 bridgehead atoms. The molecule has 2 aromatic carbocycles. The molecular weight excluding hydrogens is 358 g/mol. The Hall–Kier alpha value is -2.60. The van der Waals surface area contributed by atoms with Crippen LogP contribution in [-0.2, 0) is 11.2 Å². The van der Waals surface area contributed by atoms with Gasteiger partial charge in [-0.3, -0.25) is 9.59 Å². The predicted molar refractivity (Wildman–Crippen MR) is 112 cm³/mol. The van der Waals surface area contributed by atoms with Crippen LogP contribution in [0.2, 0.25) is 0 Å². The highest BCUT2D eigenvalue weighted by Crippen LogP contribution is 2.05. The molecule has 2 rings (SSSR count). The van der Waals surface area contributed by atoms with Crippen molar-refractivity contribution >= 4 is 29.3 Å². The maximum Gasteiger partial charge on any atom is 0.262 e. The van der Waals surface area contributed by atoms with Crippen molar-refractivity contribution in [1.29, 1.82) is 0 Å². The summed E-state index contributed by atoms with van der Waals surface area (Å²) in [6.45, 7) is 1.87. The van der Waals surface area contributed by atoms with E-state index < -0.39 is 6.04 Å². The third-order valence-corrected chi connectivity index (χ3v) is 4.57. The lowest BCUT2D eigenvalue weighted by Gasteiger charge is -2.17. The third kappa shape index (κ3) is 7.27. The number of amides is 2. The van der Waals surface area contributed by atoms with Gasteiger partial charge in [-0.1, -0.05) is 48.5 Å². The summed E-state index contributed by atoms with van der Waals surface area (Å²) in [5, 5.41) is 7.00. The van der Waals surface area contributed by atoms with Crippen molar-refractivity contribution < 1.29 is 9.59 Å². The summed E-state index contributed by atoms with van der Waals surface area (Å²) in [4.78, 5) is 24.9. The Kier molecular flexibility index (Phi) is 8.58. The van der Waals surface area contributed by atoms with Crippen molar-refractivity contribution in [2.75, 3.05) is 12.0 Å². The van der Waals surface area contributed by atoms with Crippen LogP contribution < -0.4 is 10.7 Å². The Bertz CT molecular complexity index is 764. The zero-order valence-electron chi connectivity index (χ0n) is 15.6. The molecule has 0 aromatic heterocycles. The summed E-state index contributed by atoms with van der Waals surface area (Å²) in [6.07, 6.45) is 3.17. The van der Waals surface area contributed by atoms with E-state index in [1.165, 1.54) is 0 Å². The van der Waals surface area contributed by atoms with E-state index in [4.69, 9.17) is 0 Å². The van der Waals surface area contributed by atoms with Crippen LogP contribution in [0.5, 0.6) is 0 Å². The van der Waals surface area contributed by atoms with E-state index in [1.54, 1.807) is 36.0 Å². The van der Waals surface area contributed by atoms with Crippen LogP contribution in [0, 0.1) is 0 Å². The highest BCUT2D eigenvalue weighted by molar-refractivity contribution is 7.98. The molecule has 2 N–H and O–H groups in total. The molecule has 2 amide bonds. The van der Waals surface area contributed by atoms with E-state index in [1.807, 2.05) is 49.6 Å². The highest BCUT2D eigenvalue weighted by Gasteiger charge is 2.20. The predicted octanol–water partition coefficient (Wildman–Crippen LogP) is 3.27. The number of carbonyl (C=O) groups excluding carboxylic acids is 2. The van der Waals surface area contributed by atoms with Crippen LogP contribution in [0.1, 0.15) is 29.3 Å². The normalized spacial score (nSPS) is 12.3. The van der Waals surface area contributed by atoms with Gasteiger partial charge in [-0.15, -0.1) is 0 Å². The lowest BCUT2D eigenvalue weighted by molar-refractivity contribution is -0.123. The van der Waals surface area contributed by atoms with Crippen LogP contribution in [0.4, 0.5) is 0 Å². The number of nitrogens with zero attached hydrogens (tertiary/aromatic N) is 1. The summed E-state index contributed by atoms with van der Waals surface area (Å²) in [5.74, 6) is 0.197. The molecule has 27 heavy (non-hydrogen) atoms. The monoisotopic (exact) mass is 383 g/mol. The van der Waals surface area contributed by atoms with E-state index in [0.717, 1.165) is 17.0 Å². The second-order valence-corrected chi connectivity index (χ2v) is 7.14. The van der Waals surface area contributed by atoms with E-state index in [-0.39, 0.29) is 11.8 Å². The lowest BCUT2D eigenvalue weighted by atomic mass is 10.1. The molecular formula is C21H25N3O2S. The molecule has 0 spiro atoms. The second kappa shape index (κ2) is 11.2. The minimum Gasteiger partial charge on any atom is -0.340 e. The number of rotatable bonds is 9. The molecule has 0 radical (unpaired) electrons. The minimum atomic E-state index is -0.626. The number of hydrogen-bond donors (Lipinski definition) is 2. The molecule has 5 nitrogen and oxygen atoms in total. The van der Waals surface area contributed by atoms with Gasteiger partial charge in [0.2, 0.25) is 0 Å². The fourth-order valence-corrected chi connectivity index (χ4v) is 2.97. The molecule has 2 aromatic rings. The first-order chi connectivity index (χ1) is 13.1. The molecule has 0 saturated carbocycles. The maximum atomic E-state index is 12.5. The molecule has 0 fully saturated rings. The maximum absolute atomic E-state index is 12.5. The molecule has 1 unspecified atom stereocenters. The molecule has 0 saturated heterocycles. The SMILES string of the molecule is CSCCC(NC(=O)c1ccccc1)C(=O)NN=C(C)Cc1ccccc1. The first-order valence-corrected chi connectivity index (χ1v) is 10.2. The summed E-state index contributed by atoms with van der Waals surface area (Å²) in [7, 11) is 0. The van der Waals surface area contributed by atoms with Gasteiger partial charge in [0.1, 0.15) is 6.04 Å². The Labute approximate surface area is 164 Å². The molecule has 6 heteroatoms. The van der Waals surface area contributed by atoms with Crippen molar-refractivity contribution in [2.45, 2.75) is 25.8 Å². The van der Waals surface area contributed by atoms with Gasteiger partial charge in [0, 0.05) is 17.7 Å². The molecule has 0 aliphatic rings. The van der Waals surface area contributed by atoms with Crippen LogP contribution in [-0.4, -0.2) is 35.6 Å². The fourth-order valence-electron chi connectivity index (χ4n) is 2.49. The number of hydrazone groups is 1. The summed E-state index contributed by atoms with van der Waals surface area (Å²) in [6, 6.07) is 18.2. The van der Waals surface area contributed by atoms with Gasteiger partial charge in [-0.05, 0) is 43.0 Å². The third-order valence-electron chi connectivity index (χ3n) is 3.93. The first kappa shape index (κ1) is 20.7. The van der Waals surface area contributed by atoms with Gasteiger partial charge >= 0.3 is 0 Å². The summed E-state index contributed by atoms with van der Waals surface area (Å²) < 4.78 is 0. The molecule has 1 atom stereocenters. The Morgan fingerprint density at radius 1 is 1.04 bits per heavy atom. The van der Waals surface area contributed by atoms with Crippen LogP contribution in [0.15, 0.2) is 65.8 Å². The zero-order valence-corrected chi connectivity index (χ0v) is 16.5. The fraction of sp³-hybridized carbons (Fsp3) is 0.286. The largest absolute Gasteiger partial charge is 0.340 e. The Morgan fingerprint density at radius 3 is 2.30 bits per heavy atom. The number of thioether (sulfide) groups is 1. The molecule has 0 aliphatic heterocycles. The summed E-state index contributed by atoms with van der Waals surface area (Å²) >= 11 is 1.63. The number of benzene rings is 2. The topological polar surface area (TPSA) is 70.6 Å². The van der Waals surface area contributed by atoms with Crippen molar-refractivity contribution in [3.8, 4) is 0 Å². The molecule has 0 aliphatic carbocycles. The smallest absolute Gasteiger partial charge is 0.262 e. The van der Waals surface area contributed by atoms with Crippen LogP contribution in [0.3, 0.4) is 0 Å². The Morgan fingerprint density at radius 2 is 1.67 bits per heavy atom. The minimum absolute atomic E-state index is 0.262. The average Bonchev–Trinajstić information content (AvgIpc) is 2.70. The van der Waals surface area contributed by atoms with E-state index in [2.05, 4.69) is 15.8 Å². The number of hydrogen-bond acceptors (Lipinski definition) is 4. The van der Waals surface area contributed by atoms with E-state index in [0.29, 0.717) is 18.4 Å². The van der Waals surface area contributed by atoms with E-state index in [9.17, 15) is 9.59 Å². The van der Waals surface area contributed by atoms with Crippen LogP contribution >= 0.6 is 11.8 Å². The highest BCUT2D eigenvalue weighted by atomic mass is 32.2. The summed E-state index contributed by atoms with van der Waals surface area (Å²) in [5.41, 5.74) is 5.05. The van der Waals surface area contributed by atoms with Crippen molar-refractivity contribution in [3.05, 3.63) is 71.8 Å². The Balaban J connectivity index is 1.97. The average molecular weight is 384 g/mol. The van der Waals surface area contributed by atoms with E-state index >= 15 is 0 Å².